The highest BCUT2D eigenvalue weighted by Gasteiger charge is 2.38. The number of nitrogens with one attached hydrogen (secondary N) is 1. The lowest BCUT2D eigenvalue weighted by Crippen LogP contribution is -2.52. The number of tetrazole rings is 1. The van der Waals surface area contributed by atoms with Crippen LogP contribution in [0.15, 0.2) is 29.1 Å². The predicted molar refractivity (Wildman–Crippen MR) is 132 cm³/mol. The summed E-state index contributed by atoms with van der Waals surface area (Å²) in [5.74, 6) is 0.829. The van der Waals surface area contributed by atoms with E-state index in [4.69, 9.17) is 0 Å². The highest BCUT2D eigenvalue weighted by atomic mass is 16.1. The van der Waals surface area contributed by atoms with E-state index >= 15 is 0 Å². The Hall–Kier alpha value is -2.58. The normalized spacial score (nSPS) is 23.4. The summed E-state index contributed by atoms with van der Waals surface area (Å²) in [4.78, 5) is 21.8. The Bertz CT molecular complexity index is 1210. The van der Waals surface area contributed by atoms with Gasteiger partial charge in [0.15, 0.2) is 5.82 Å². The van der Waals surface area contributed by atoms with Gasteiger partial charge in [0.05, 0.1) is 6.04 Å². The molecule has 180 valence electrons. The lowest BCUT2D eigenvalue weighted by Gasteiger charge is -2.41. The quantitative estimate of drug-likeness (QED) is 0.627. The molecular formula is C26H35N7O. The van der Waals surface area contributed by atoms with E-state index in [1.807, 2.05) is 6.07 Å². The number of pyridine rings is 1. The standard InChI is InChI=1S/C26H35N7O/c1-2-18-10-11-23-19(15-18)16-22(26(34)27-23)24(32-14-13-31-12-6-9-21(31)17-32)25-28-29-30-33(25)20-7-4-3-5-8-20/h10-11,15-16,20-21,24H,2-9,12-14,17H2,1H3,(H,27,34)/t21-,24+/m0/s1. The van der Waals surface area contributed by atoms with Crippen molar-refractivity contribution in [2.75, 3.05) is 26.2 Å². The first-order chi connectivity index (χ1) is 16.7. The van der Waals surface area contributed by atoms with Crippen LogP contribution in [0.2, 0.25) is 0 Å². The molecule has 1 saturated carbocycles. The van der Waals surface area contributed by atoms with Gasteiger partial charge >= 0.3 is 0 Å². The lowest BCUT2D eigenvalue weighted by atomic mass is 9.94. The number of rotatable bonds is 5. The maximum atomic E-state index is 13.5. The van der Waals surface area contributed by atoms with Crippen molar-refractivity contribution < 1.29 is 0 Å². The van der Waals surface area contributed by atoms with Gasteiger partial charge in [-0.15, -0.1) is 5.10 Å². The summed E-state index contributed by atoms with van der Waals surface area (Å²) in [7, 11) is 0. The smallest absolute Gasteiger partial charge is 0.253 e. The minimum atomic E-state index is -0.238. The zero-order valence-corrected chi connectivity index (χ0v) is 20.1. The molecular weight excluding hydrogens is 426 g/mol. The minimum Gasteiger partial charge on any atom is -0.322 e. The number of piperazine rings is 1. The maximum absolute atomic E-state index is 13.5. The Morgan fingerprint density at radius 1 is 1.03 bits per heavy atom. The van der Waals surface area contributed by atoms with Crippen molar-refractivity contribution in [3.8, 4) is 0 Å². The molecule has 2 aromatic heterocycles. The Morgan fingerprint density at radius 3 is 2.74 bits per heavy atom. The van der Waals surface area contributed by atoms with Gasteiger partial charge in [0.2, 0.25) is 0 Å². The molecule has 0 bridgehead atoms. The first-order valence-electron chi connectivity index (χ1n) is 13.1. The third kappa shape index (κ3) is 3.96. The number of aromatic nitrogens is 5. The van der Waals surface area contributed by atoms with Crippen LogP contribution in [0, 0.1) is 0 Å². The zero-order valence-electron chi connectivity index (χ0n) is 20.1. The SMILES string of the molecule is CCc1ccc2[nH]c(=O)c([C@H](c3nnnn3C3CCCCC3)N3CCN4CCC[C@H]4C3)cc2c1. The van der Waals surface area contributed by atoms with Crippen LogP contribution in [0.1, 0.15) is 80.9 Å². The topological polar surface area (TPSA) is 82.9 Å². The summed E-state index contributed by atoms with van der Waals surface area (Å²) in [5, 5.41) is 14.3. The second kappa shape index (κ2) is 9.23. The summed E-state index contributed by atoms with van der Waals surface area (Å²) in [6.45, 7) is 6.27. The Balaban J connectivity index is 1.46. The molecule has 2 aliphatic heterocycles. The molecule has 0 amide bonds. The van der Waals surface area contributed by atoms with E-state index < -0.39 is 0 Å². The van der Waals surface area contributed by atoms with Crippen LogP contribution in [0.5, 0.6) is 0 Å². The molecule has 3 aromatic rings. The highest BCUT2D eigenvalue weighted by Crippen LogP contribution is 2.35. The number of aryl methyl sites for hydroxylation is 1. The van der Waals surface area contributed by atoms with Crippen LogP contribution in [0.4, 0.5) is 0 Å². The van der Waals surface area contributed by atoms with E-state index in [9.17, 15) is 4.79 Å². The fraction of sp³-hybridized carbons (Fsp3) is 0.615. The molecule has 8 nitrogen and oxygen atoms in total. The Kier molecular flexibility index (Phi) is 5.95. The Labute approximate surface area is 200 Å². The van der Waals surface area contributed by atoms with Crippen molar-refractivity contribution in [1.29, 1.82) is 0 Å². The number of H-pyrrole nitrogens is 1. The van der Waals surface area contributed by atoms with Crippen molar-refractivity contribution in [1.82, 2.24) is 35.0 Å². The molecule has 1 aliphatic carbocycles. The molecule has 1 aromatic carbocycles. The van der Waals surface area contributed by atoms with Crippen molar-refractivity contribution >= 4 is 10.9 Å². The van der Waals surface area contributed by atoms with Gasteiger partial charge in [-0.1, -0.05) is 32.3 Å². The molecule has 8 heteroatoms. The maximum Gasteiger partial charge on any atom is 0.253 e. The van der Waals surface area contributed by atoms with Gasteiger partial charge in [-0.2, -0.15) is 0 Å². The third-order valence-corrected chi connectivity index (χ3v) is 8.31. The van der Waals surface area contributed by atoms with Crippen LogP contribution in [-0.4, -0.2) is 67.2 Å². The fourth-order valence-electron chi connectivity index (χ4n) is 6.41. The van der Waals surface area contributed by atoms with E-state index in [0.29, 0.717) is 12.1 Å². The van der Waals surface area contributed by atoms with Crippen LogP contribution in [0.3, 0.4) is 0 Å². The number of hydrogen-bond donors (Lipinski definition) is 1. The van der Waals surface area contributed by atoms with E-state index in [0.717, 1.165) is 61.2 Å². The summed E-state index contributed by atoms with van der Waals surface area (Å²) in [6, 6.07) is 9.06. The molecule has 3 aliphatic rings. The molecule has 6 rings (SSSR count). The summed E-state index contributed by atoms with van der Waals surface area (Å²) >= 11 is 0. The molecule has 0 unspecified atom stereocenters. The van der Waals surface area contributed by atoms with Crippen molar-refractivity contribution in [2.24, 2.45) is 0 Å². The molecule has 2 atom stereocenters. The number of aromatic amines is 1. The number of hydrogen-bond acceptors (Lipinski definition) is 6. The second-order valence-electron chi connectivity index (χ2n) is 10.3. The summed E-state index contributed by atoms with van der Waals surface area (Å²) in [5.41, 5.74) is 2.89. The van der Waals surface area contributed by atoms with Gasteiger partial charge in [-0.25, -0.2) is 4.68 Å². The Morgan fingerprint density at radius 2 is 1.88 bits per heavy atom. The van der Waals surface area contributed by atoms with Crippen LogP contribution >= 0.6 is 0 Å². The van der Waals surface area contributed by atoms with Crippen LogP contribution < -0.4 is 5.56 Å². The number of nitrogens with zero attached hydrogens (tertiary/aromatic N) is 6. The first kappa shape index (κ1) is 21.9. The molecule has 1 N–H and O–H groups in total. The molecule has 4 heterocycles. The van der Waals surface area contributed by atoms with Crippen molar-refractivity contribution in [2.45, 2.75) is 76.4 Å². The lowest BCUT2D eigenvalue weighted by molar-refractivity contribution is 0.0778. The fourth-order valence-corrected chi connectivity index (χ4v) is 6.41. The summed E-state index contributed by atoms with van der Waals surface area (Å²) < 4.78 is 2.05. The minimum absolute atomic E-state index is 0.0335. The van der Waals surface area contributed by atoms with E-state index in [2.05, 4.69) is 60.1 Å². The monoisotopic (exact) mass is 461 g/mol. The average Bonchev–Trinajstić information content (AvgIpc) is 3.54. The third-order valence-electron chi connectivity index (χ3n) is 8.31. The van der Waals surface area contributed by atoms with Gasteiger partial charge < -0.3 is 4.98 Å². The molecule has 0 spiro atoms. The van der Waals surface area contributed by atoms with Gasteiger partial charge in [0.1, 0.15) is 6.04 Å². The van der Waals surface area contributed by atoms with Gasteiger partial charge in [-0.05, 0) is 78.2 Å². The van der Waals surface area contributed by atoms with E-state index in [-0.39, 0.29) is 11.6 Å². The van der Waals surface area contributed by atoms with E-state index in [1.54, 1.807) is 0 Å². The van der Waals surface area contributed by atoms with Crippen LogP contribution in [0.25, 0.3) is 10.9 Å². The van der Waals surface area contributed by atoms with E-state index in [1.165, 1.54) is 44.2 Å². The van der Waals surface area contributed by atoms with Gasteiger partial charge in [-0.3, -0.25) is 14.6 Å². The largest absolute Gasteiger partial charge is 0.322 e. The number of benzene rings is 1. The number of fused-ring (bicyclic) bond motifs is 2. The first-order valence-corrected chi connectivity index (χ1v) is 13.1. The predicted octanol–water partition coefficient (Wildman–Crippen LogP) is 3.45. The average molecular weight is 462 g/mol. The van der Waals surface area contributed by atoms with Crippen molar-refractivity contribution in [3.63, 3.8) is 0 Å². The summed E-state index contributed by atoms with van der Waals surface area (Å²) in [6.07, 6.45) is 9.38. The van der Waals surface area contributed by atoms with Crippen molar-refractivity contribution in [3.05, 3.63) is 51.6 Å². The molecule has 0 radical (unpaired) electrons. The van der Waals surface area contributed by atoms with Gasteiger partial charge in [0, 0.05) is 36.8 Å². The van der Waals surface area contributed by atoms with Gasteiger partial charge in [0.25, 0.3) is 5.56 Å². The second-order valence-corrected chi connectivity index (χ2v) is 10.3. The molecule has 34 heavy (non-hydrogen) atoms. The highest BCUT2D eigenvalue weighted by molar-refractivity contribution is 5.80. The molecule has 2 saturated heterocycles. The van der Waals surface area contributed by atoms with Crippen LogP contribution in [-0.2, 0) is 6.42 Å². The molecule has 3 fully saturated rings. The zero-order chi connectivity index (χ0) is 23.1.